The molecule has 0 fully saturated rings. The molecular weight excluding hydrogens is 404 g/mol. The zero-order valence-corrected chi connectivity index (χ0v) is 17.1. The molecule has 0 aliphatic rings. The summed E-state index contributed by atoms with van der Waals surface area (Å²) < 4.78 is 52.7. The minimum Gasteiger partial charge on any atom is -0.284 e. The molecule has 1 heterocycles. The normalized spacial score (nSPS) is 11.9. The Morgan fingerprint density at radius 1 is 0.852 bits per heavy atom. The van der Waals surface area contributed by atoms with Crippen molar-refractivity contribution in [1.29, 1.82) is 0 Å². The van der Waals surface area contributed by atoms with Gasteiger partial charge in [0.1, 0.15) is 0 Å². The van der Waals surface area contributed by atoms with Crippen LogP contribution in [0.5, 0.6) is 0 Å². The summed E-state index contributed by atoms with van der Waals surface area (Å²) in [7, 11) is -6.98. The molecule has 6 nitrogen and oxygen atoms in total. The molecule has 0 radical (unpaired) electrons. The molecule has 142 valence electrons. The molecule has 0 spiro atoms. The first-order valence-corrected chi connectivity index (χ1v) is 12.1. The largest absolute Gasteiger partial charge is 0.284 e. The molecule has 0 amide bonds. The lowest BCUT2D eigenvalue weighted by Crippen LogP contribution is -2.13. The zero-order valence-electron chi connectivity index (χ0n) is 14.6. The Kier molecular flexibility index (Phi) is 5.27. The maximum absolute atomic E-state index is 12.6. The van der Waals surface area contributed by atoms with E-state index < -0.39 is 20.0 Å². The van der Waals surface area contributed by atoms with Crippen LogP contribution in [0.1, 0.15) is 5.56 Å². The average molecular weight is 423 g/mol. The van der Waals surface area contributed by atoms with Crippen LogP contribution in [-0.2, 0) is 20.0 Å². The van der Waals surface area contributed by atoms with Gasteiger partial charge in [-0.3, -0.25) is 9.44 Å². The SMILES string of the molecule is Cc1ccccc1S(=O)(=O)Nc1csc(-c2ccc(NS(C)(=O)=O)cc2)c1. The third-order valence-corrected chi connectivity index (χ3v) is 6.83. The highest BCUT2D eigenvalue weighted by Crippen LogP contribution is 2.32. The number of benzene rings is 2. The topological polar surface area (TPSA) is 92.3 Å². The van der Waals surface area contributed by atoms with Gasteiger partial charge in [0, 0.05) is 15.9 Å². The summed E-state index contributed by atoms with van der Waals surface area (Å²) in [5.74, 6) is 0. The Morgan fingerprint density at radius 3 is 2.15 bits per heavy atom. The molecule has 1 aromatic heterocycles. The fourth-order valence-electron chi connectivity index (χ4n) is 2.53. The van der Waals surface area contributed by atoms with Gasteiger partial charge in [0.2, 0.25) is 10.0 Å². The van der Waals surface area contributed by atoms with Crippen molar-refractivity contribution < 1.29 is 16.8 Å². The molecule has 27 heavy (non-hydrogen) atoms. The van der Waals surface area contributed by atoms with Crippen LogP contribution < -0.4 is 9.44 Å². The Morgan fingerprint density at radius 2 is 1.52 bits per heavy atom. The molecule has 0 aliphatic carbocycles. The van der Waals surface area contributed by atoms with Gasteiger partial charge >= 0.3 is 0 Å². The maximum Gasteiger partial charge on any atom is 0.262 e. The Labute approximate surface area is 163 Å². The number of sulfonamides is 2. The van der Waals surface area contributed by atoms with Crippen LogP contribution in [0.4, 0.5) is 11.4 Å². The fraction of sp³-hybridized carbons (Fsp3) is 0.111. The molecule has 0 saturated heterocycles. The average Bonchev–Trinajstić information content (AvgIpc) is 3.02. The standard InChI is InChI=1S/C18H18N2O4S3/c1-13-5-3-4-6-18(13)27(23,24)20-16-11-17(25-12-16)14-7-9-15(10-8-14)19-26(2,21)22/h3-12,19-20H,1-2H3. The van der Waals surface area contributed by atoms with Crippen molar-refractivity contribution in [3.63, 3.8) is 0 Å². The first kappa shape index (κ1) is 19.4. The molecule has 0 unspecified atom stereocenters. The molecular formula is C18H18N2O4S3. The van der Waals surface area contributed by atoms with Gasteiger partial charge in [0.15, 0.2) is 0 Å². The predicted molar refractivity (Wildman–Crippen MR) is 110 cm³/mol. The van der Waals surface area contributed by atoms with Crippen molar-refractivity contribution >= 4 is 42.8 Å². The molecule has 0 atom stereocenters. The van der Waals surface area contributed by atoms with Crippen molar-refractivity contribution in [3.05, 3.63) is 65.5 Å². The second-order valence-corrected chi connectivity index (χ2v) is 10.3. The third kappa shape index (κ3) is 4.88. The van der Waals surface area contributed by atoms with E-state index in [1.807, 2.05) is 0 Å². The number of aryl methyl sites for hydroxylation is 1. The molecule has 2 N–H and O–H groups in total. The van der Waals surface area contributed by atoms with Gasteiger partial charge in [0.05, 0.1) is 16.8 Å². The number of anilines is 2. The van der Waals surface area contributed by atoms with E-state index in [2.05, 4.69) is 9.44 Å². The zero-order chi connectivity index (χ0) is 19.7. The van der Waals surface area contributed by atoms with Crippen molar-refractivity contribution in [3.8, 4) is 10.4 Å². The van der Waals surface area contributed by atoms with Crippen LogP contribution in [0.3, 0.4) is 0 Å². The van der Waals surface area contributed by atoms with E-state index in [1.54, 1.807) is 66.9 Å². The Balaban J connectivity index is 1.80. The van der Waals surface area contributed by atoms with Gasteiger partial charge in [0.25, 0.3) is 10.0 Å². The third-order valence-electron chi connectivity index (χ3n) is 3.71. The van der Waals surface area contributed by atoms with Crippen LogP contribution in [0, 0.1) is 6.92 Å². The van der Waals surface area contributed by atoms with E-state index in [-0.39, 0.29) is 4.90 Å². The molecule has 3 aromatic rings. The molecule has 0 aliphatic heterocycles. The number of thiophene rings is 1. The minimum absolute atomic E-state index is 0.244. The molecule has 2 aromatic carbocycles. The smallest absolute Gasteiger partial charge is 0.262 e. The van der Waals surface area contributed by atoms with Crippen LogP contribution >= 0.6 is 11.3 Å². The van der Waals surface area contributed by atoms with Crippen LogP contribution in [0.2, 0.25) is 0 Å². The van der Waals surface area contributed by atoms with E-state index in [0.29, 0.717) is 16.9 Å². The fourth-order valence-corrected chi connectivity index (χ4v) is 5.30. The first-order chi connectivity index (χ1) is 12.6. The lowest BCUT2D eigenvalue weighted by Gasteiger charge is -2.08. The van der Waals surface area contributed by atoms with E-state index in [1.165, 1.54) is 11.3 Å². The van der Waals surface area contributed by atoms with Crippen LogP contribution in [-0.4, -0.2) is 23.1 Å². The summed E-state index contributed by atoms with van der Waals surface area (Å²) in [6, 6.07) is 15.4. The van der Waals surface area contributed by atoms with Crippen molar-refractivity contribution in [2.45, 2.75) is 11.8 Å². The van der Waals surface area contributed by atoms with E-state index in [9.17, 15) is 16.8 Å². The monoisotopic (exact) mass is 422 g/mol. The Bertz CT molecular complexity index is 1170. The highest BCUT2D eigenvalue weighted by Gasteiger charge is 2.17. The van der Waals surface area contributed by atoms with Crippen molar-refractivity contribution in [1.82, 2.24) is 0 Å². The quantitative estimate of drug-likeness (QED) is 0.630. The Hall–Kier alpha value is -2.36. The molecule has 0 saturated carbocycles. The lowest BCUT2D eigenvalue weighted by atomic mass is 10.2. The summed E-state index contributed by atoms with van der Waals surface area (Å²) in [6.45, 7) is 1.75. The second-order valence-electron chi connectivity index (χ2n) is 6.02. The predicted octanol–water partition coefficient (Wildman–Crippen LogP) is 3.90. The van der Waals surface area contributed by atoms with Crippen LogP contribution in [0.15, 0.2) is 64.9 Å². The number of nitrogens with one attached hydrogen (secondary N) is 2. The van der Waals surface area contributed by atoms with Gasteiger partial charge in [-0.1, -0.05) is 30.3 Å². The van der Waals surface area contributed by atoms with E-state index in [4.69, 9.17) is 0 Å². The molecule has 0 bridgehead atoms. The van der Waals surface area contributed by atoms with Gasteiger partial charge in [-0.15, -0.1) is 11.3 Å². The number of hydrogen-bond acceptors (Lipinski definition) is 5. The van der Waals surface area contributed by atoms with Gasteiger partial charge in [-0.2, -0.15) is 0 Å². The van der Waals surface area contributed by atoms with E-state index in [0.717, 1.165) is 16.7 Å². The van der Waals surface area contributed by atoms with Gasteiger partial charge < -0.3 is 0 Å². The summed E-state index contributed by atoms with van der Waals surface area (Å²) in [5.41, 5.74) is 2.49. The number of rotatable bonds is 6. The highest BCUT2D eigenvalue weighted by atomic mass is 32.2. The van der Waals surface area contributed by atoms with Crippen molar-refractivity contribution in [2.75, 3.05) is 15.7 Å². The second kappa shape index (κ2) is 7.34. The first-order valence-electron chi connectivity index (χ1n) is 7.89. The lowest BCUT2D eigenvalue weighted by molar-refractivity contribution is 0.600. The van der Waals surface area contributed by atoms with Gasteiger partial charge in [-0.25, -0.2) is 16.8 Å². The summed E-state index contributed by atoms with van der Waals surface area (Å²) >= 11 is 1.40. The van der Waals surface area contributed by atoms with Crippen molar-refractivity contribution in [2.24, 2.45) is 0 Å². The summed E-state index contributed by atoms with van der Waals surface area (Å²) in [4.78, 5) is 1.11. The summed E-state index contributed by atoms with van der Waals surface area (Å²) in [6.07, 6.45) is 1.09. The number of hydrogen-bond donors (Lipinski definition) is 2. The van der Waals surface area contributed by atoms with E-state index >= 15 is 0 Å². The maximum atomic E-state index is 12.6. The summed E-state index contributed by atoms with van der Waals surface area (Å²) in [5, 5.41) is 1.73. The molecule has 3 rings (SSSR count). The molecule has 9 heteroatoms. The van der Waals surface area contributed by atoms with Crippen LogP contribution in [0.25, 0.3) is 10.4 Å². The minimum atomic E-state index is -3.66. The van der Waals surface area contributed by atoms with Gasteiger partial charge in [-0.05, 0) is 42.3 Å². The highest BCUT2D eigenvalue weighted by molar-refractivity contribution is 7.92.